The van der Waals surface area contributed by atoms with E-state index < -0.39 is 23.2 Å². The Morgan fingerprint density at radius 1 is 1.27 bits per heavy atom. The zero-order valence-corrected chi connectivity index (χ0v) is 16.3. The lowest BCUT2D eigenvalue weighted by molar-refractivity contribution is -0.137. The molecular weight excluding hydrogens is 421 g/mol. The molecule has 2 aromatic heterocycles. The Morgan fingerprint density at radius 2 is 2.00 bits per heavy atom. The molecule has 2 heterocycles. The molecule has 0 bridgehead atoms. The fourth-order valence-corrected chi connectivity index (χ4v) is 3.25. The highest BCUT2D eigenvalue weighted by Gasteiger charge is 2.45. The molecule has 0 saturated heterocycles. The molecule has 4 rings (SSSR count). The summed E-state index contributed by atoms with van der Waals surface area (Å²) in [5, 5.41) is 19.7. The largest absolute Gasteiger partial charge is 0.421 e. The van der Waals surface area contributed by atoms with Gasteiger partial charge in [-0.3, -0.25) is 9.48 Å². The van der Waals surface area contributed by atoms with Crippen LogP contribution in [0.1, 0.15) is 28.8 Å². The van der Waals surface area contributed by atoms with Crippen molar-refractivity contribution < 1.29 is 18.0 Å². The minimum absolute atomic E-state index is 0.167. The highest BCUT2D eigenvalue weighted by Crippen LogP contribution is 2.36. The lowest BCUT2D eigenvalue weighted by Crippen LogP contribution is -2.35. The van der Waals surface area contributed by atoms with Gasteiger partial charge in [0.15, 0.2) is 5.82 Å². The highest BCUT2D eigenvalue weighted by atomic mass is 35.5. The zero-order chi connectivity index (χ0) is 21.7. The van der Waals surface area contributed by atoms with Crippen molar-refractivity contribution in [3.63, 3.8) is 0 Å². The molecule has 0 spiro atoms. The van der Waals surface area contributed by atoms with Crippen molar-refractivity contribution in [1.82, 2.24) is 24.9 Å². The van der Waals surface area contributed by atoms with Crippen LogP contribution in [0.2, 0.25) is 5.02 Å². The molecule has 0 radical (unpaired) electrons. The molecule has 1 amide bonds. The molecule has 1 aliphatic carbocycles. The van der Waals surface area contributed by atoms with Crippen molar-refractivity contribution in [1.29, 1.82) is 5.26 Å². The summed E-state index contributed by atoms with van der Waals surface area (Å²) in [5.41, 5.74) is -0.582. The number of rotatable bonds is 4. The molecule has 1 aliphatic rings. The number of carbonyl (C=O) groups excluding carboxylic acids is 1. The summed E-state index contributed by atoms with van der Waals surface area (Å²) in [6.07, 6.45) is 0.104. The molecule has 3 aromatic rings. The molecule has 11 heteroatoms. The molecule has 1 aromatic carbocycles. The van der Waals surface area contributed by atoms with E-state index in [1.165, 1.54) is 31.6 Å². The van der Waals surface area contributed by atoms with Crippen LogP contribution < -0.4 is 5.32 Å². The molecule has 30 heavy (non-hydrogen) atoms. The van der Waals surface area contributed by atoms with Gasteiger partial charge in [0.1, 0.15) is 11.1 Å². The average molecular weight is 435 g/mol. The number of aromatic nitrogens is 4. The number of benzene rings is 1. The van der Waals surface area contributed by atoms with Gasteiger partial charge < -0.3 is 5.32 Å². The van der Waals surface area contributed by atoms with Gasteiger partial charge in [0.2, 0.25) is 0 Å². The number of amides is 1. The van der Waals surface area contributed by atoms with Gasteiger partial charge in [-0.1, -0.05) is 17.7 Å². The fourth-order valence-electron chi connectivity index (χ4n) is 3.04. The Labute approximate surface area is 173 Å². The average Bonchev–Trinajstić information content (AvgIpc) is 3.09. The van der Waals surface area contributed by atoms with Crippen molar-refractivity contribution in [2.24, 2.45) is 7.05 Å². The number of alkyl halides is 3. The molecule has 0 unspecified atom stereocenters. The summed E-state index contributed by atoms with van der Waals surface area (Å²) in [6.45, 7) is 0. The normalized spacial score (nSPS) is 14.9. The van der Waals surface area contributed by atoms with Crippen molar-refractivity contribution >= 4 is 17.5 Å². The van der Waals surface area contributed by atoms with Crippen LogP contribution in [-0.2, 0) is 13.2 Å². The van der Waals surface area contributed by atoms with Crippen LogP contribution in [0.3, 0.4) is 0 Å². The van der Waals surface area contributed by atoms with Gasteiger partial charge in [-0.15, -0.1) is 0 Å². The van der Waals surface area contributed by atoms with Crippen LogP contribution in [0, 0.1) is 11.3 Å². The van der Waals surface area contributed by atoms with Gasteiger partial charge in [0.05, 0.1) is 29.0 Å². The molecule has 1 saturated carbocycles. The third kappa shape index (κ3) is 3.52. The SMILES string of the molecule is Cn1ncc(C(F)(F)F)c1-n1cc(-c2ccc(Cl)c(C(=O)NC3(C#N)CC3)c2)cn1. The van der Waals surface area contributed by atoms with Crippen LogP contribution in [-0.4, -0.2) is 31.0 Å². The van der Waals surface area contributed by atoms with E-state index in [1.807, 2.05) is 0 Å². The Morgan fingerprint density at radius 3 is 2.63 bits per heavy atom. The first-order chi connectivity index (χ1) is 14.1. The van der Waals surface area contributed by atoms with E-state index in [-0.39, 0.29) is 16.4 Å². The standard InChI is InChI=1S/C19H14ClF3N6O/c1-28-17(14(8-25-28)19(21,22)23)29-9-12(7-26-29)11-2-3-15(20)13(6-11)16(30)27-18(10-24)4-5-18/h2-3,6-9H,4-5H2,1H3,(H,27,30). The van der Waals surface area contributed by atoms with Crippen LogP contribution in [0.4, 0.5) is 13.2 Å². The number of aryl methyl sites for hydroxylation is 1. The van der Waals surface area contributed by atoms with Crippen LogP contribution in [0.5, 0.6) is 0 Å². The van der Waals surface area contributed by atoms with Crippen molar-refractivity contribution in [3.05, 3.63) is 52.9 Å². The molecule has 1 fully saturated rings. The lowest BCUT2D eigenvalue weighted by Gasteiger charge is -2.11. The molecule has 154 valence electrons. The van der Waals surface area contributed by atoms with E-state index >= 15 is 0 Å². The molecule has 0 aliphatic heterocycles. The predicted molar refractivity (Wildman–Crippen MR) is 101 cm³/mol. The van der Waals surface area contributed by atoms with Crippen LogP contribution in [0.25, 0.3) is 16.9 Å². The summed E-state index contributed by atoms with van der Waals surface area (Å²) in [7, 11) is 1.39. The maximum Gasteiger partial charge on any atom is 0.421 e. The fraction of sp³-hybridized carbons (Fsp3) is 0.263. The Balaban J connectivity index is 1.68. The van der Waals surface area contributed by atoms with Crippen LogP contribution in [0.15, 0.2) is 36.8 Å². The van der Waals surface area contributed by atoms with Crippen molar-refractivity contribution in [2.75, 3.05) is 0 Å². The Kier molecular flexibility index (Phi) is 4.58. The third-order valence-corrected chi connectivity index (χ3v) is 5.20. The number of hydrogen-bond donors (Lipinski definition) is 1. The number of halogens is 4. The summed E-state index contributed by atoms with van der Waals surface area (Å²) in [6, 6.07) is 6.73. The summed E-state index contributed by atoms with van der Waals surface area (Å²) in [5.74, 6) is -0.718. The summed E-state index contributed by atoms with van der Waals surface area (Å²) in [4.78, 5) is 12.6. The monoisotopic (exact) mass is 434 g/mol. The smallest absolute Gasteiger partial charge is 0.334 e. The summed E-state index contributed by atoms with van der Waals surface area (Å²) >= 11 is 6.15. The first kappa shape index (κ1) is 20.0. The number of carbonyl (C=O) groups is 1. The van der Waals surface area contributed by atoms with Crippen LogP contribution >= 0.6 is 11.6 Å². The second kappa shape index (κ2) is 6.88. The Hall–Kier alpha value is -3.32. The van der Waals surface area contributed by atoms with Gasteiger partial charge in [-0.2, -0.15) is 28.6 Å². The number of nitrogens with zero attached hydrogens (tertiary/aromatic N) is 5. The molecule has 1 N–H and O–H groups in total. The summed E-state index contributed by atoms with van der Waals surface area (Å²) < 4.78 is 41.9. The quantitative estimate of drug-likeness (QED) is 0.677. The van der Waals surface area contributed by atoms with Gasteiger partial charge >= 0.3 is 6.18 Å². The zero-order valence-electron chi connectivity index (χ0n) is 15.5. The van der Waals surface area contributed by atoms with Crippen molar-refractivity contribution in [2.45, 2.75) is 24.6 Å². The van der Waals surface area contributed by atoms with Gasteiger partial charge in [-0.25, -0.2) is 4.68 Å². The topological polar surface area (TPSA) is 88.5 Å². The van der Waals surface area contributed by atoms with Gasteiger partial charge in [-0.05, 0) is 30.5 Å². The van der Waals surface area contributed by atoms with E-state index in [0.717, 1.165) is 15.6 Å². The number of nitrogens with one attached hydrogen (secondary N) is 1. The van der Waals surface area contributed by atoms with E-state index in [9.17, 15) is 18.0 Å². The first-order valence-electron chi connectivity index (χ1n) is 8.81. The number of nitriles is 1. The Bertz CT molecular complexity index is 1190. The minimum atomic E-state index is -4.58. The number of hydrogen-bond acceptors (Lipinski definition) is 4. The molecular formula is C19H14ClF3N6O. The van der Waals surface area contributed by atoms with E-state index in [0.29, 0.717) is 24.0 Å². The van der Waals surface area contributed by atoms with Gasteiger partial charge in [0, 0.05) is 18.8 Å². The minimum Gasteiger partial charge on any atom is -0.334 e. The van der Waals surface area contributed by atoms with E-state index in [2.05, 4.69) is 21.6 Å². The predicted octanol–water partition coefficient (Wildman–Crippen LogP) is 3.73. The first-order valence-corrected chi connectivity index (χ1v) is 9.19. The second-order valence-electron chi connectivity index (χ2n) is 7.02. The molecule has 7 nitrogen and oxygen atoms in total. The maximum atomic E-state index is 13.3. The van der Waals surface area contributed by atoms with E-state index in [4.69, 9.17) is 16.9 Å². The van der Waals surface area contributed by atoms with E-state index in [1.54, 1.807) is 6.07 Å². The molecule has 0 atom stereocenters. The van der Waals surface area contributed by atoms with Gasteiger partial charge in [0.25, 0.3) is 5.91 Å². The lowest BCUT2D eigenvalue weighted by atomic mass is 10.1. The maximum absolute atomic E-state index is 13.3. The highest BCUT2D eigenvalue weighted by molar-refractivity contribution is 6.34. The van der Waals surface area contributed by atoms with Crippen molar-refractivity contribution in [3.8, 4) is 23.0 Å². The third-order valence-electron chi connectivity index (χ3n) is 4.87. The second-order valence-corrected chi connectivity index (χ2v) is 7.43.